The number of rotatable bonds is 4. The topological polar surface area (TPSA) is 105 Å². The molecule has 0 aliphatic heterocycles. The van der Waals surface area contributed by atoms with Crippen molar-refractivity contribution >= 4 is 12.1 Å². The van der Waals surface area contributed by atoms with Crippen molar-refractivity contribution in [3.8, 4) is 5.75 Å². The Morgan fingerprint density at radius 1 is 1.15 bits per heavy atom. The third kappa shape index (κ3) is 4.66. The summed E-state index contributed by atoms with van der Waals surface area (Å²) in [5, 5.41) is 23.1. The lowest BCUT2D eigenvalue weighted by Gasteiger charge is -2.30. The summed E-state index contributed by atoms with van der Waals surface area (Å²) < 4.78 is 9.82. The third-order valence-electron chi connectivity index (χ3n) is 4.28. The number of alkyl carbamates (subject to hydrolysis) is 1. The highest BCUT2D eigenvalue weighted by Crippen LogP contribution is 2.33. The lowest BCUT2D eigenvalue weighted by Crippen LogP contribution is -2.57. The van der Waals surface area contributed by atoms with Gasteiger partial charge in [0.2, 0.25) is 5.72 Å². The van der Waals surface area contributed by atoms with Crippen LogP contribution in [0.1, 0.15) is 50.3 Å². The van der Waals surface area contributed by atoms with Gasteiger partial charge in [-0.05, 0) is 69.2 Å². The Kier molecular flexibility index (Phi) is 5.81. The van der Waals surface area contributed by atoms with Crippen molar-refractivity contribution in [2.24, 2.45) is 0 Å². The number of phenols is 1. The van der Waals surface area contributed by atoms with E-state index in [-0.39, 0.29) is 12.2 Å². The highest BCUT2D eigenvalue weighted by Gasteiger charge is 2.41. The second kappa shape index (κ2) is 7.53. The van der Waals surface area contributed by atoms with E-state index in [2.05, 4.69) is 10.1 Å². The Bertz CT molecular complexity index is 694. The summed E-state index contributed by atoms with van der Waals surface area (Å²) in [7, 11) is 1.14. The molecule has 1 aliphatic carbocycles. The molecule has 0 heterocycles. The maximum atomic E-state index is 12.2. The van der Waals surface area contributed by atoms with E-state index in [1.54, 1.807) is 32.9 Å². The zero-order chi connectivity index (χ0) is 19.5. The van der Waals surface area contributed by atoms with Crippen LogP contribution in [0.5, 0.6) is 5.75 Å². The molecule has 7 nitrogen and oxygen atoms in total. The molecule has 0 aromatic heterocycles. The number of nitrogens with one attached hydrogen (secondary N) is 1. The van der Waals surface area contributed by atoms with E-state index < -0.39 is 23.4 Å². The average molecular weight is 365 g/mol. The van der Waals surface area contributed by atoms with Gasteiger partial charge >= 0.3 is 12.1 Å². The number of hydrogen-bond donors (Lipinski definition) is 3. The summed E-state index contributed by atoms with van der Waals surface area (Å²) in [6.07, 6.45) is 2.31. The molecule has 144 valence electrons. The van der Waals surface area contributed by atoms with Gasteiger partial charge in [-0.3, -0.25) is 5.32 Å². The minimum atomic E-state index is -2.26. The molecule has 26 heavy (non-hydrogen) atoms. The van der Waals surface area contributed by atoms with Crippen molar-refractivity contribution in [1.82, 2.24) is 5.32 Å². The highest BCUT2D eigenvalue weighted by molar-refractivity contribution is 5.84. The number of methoxy groups -OCH3 is 1. The first-order chi connectivity index (χ1) is 12.1. The molecular weight excluding hydrogens is 338 g/mol. The molecule has 1 aromatic rings. The van der Waals surface area contributed by atoms with Crippen molar-refractivity contribution in [3.63, 3.8) is 0 Å². The Hall–Kier alpha value is -2.28. The fourth-order valence-electron chi connectivity index (χ4n) is 3.17. The van der Waals surface area contributed by atoms with Crippen LogP contribution in [-0.4, -0.2) is 40.7 Å². The Labute approximate surface area is 153 Å². The fourth-order valence-corrected chi connectivity index (χ4v) is 3.17. The van der Waals surface area contributed by atoms with Gasteiger partial charge in [-0.1, -0.05) is 6.07 Å². The molecule has 1 aromatic carbocycles. The normalized spacial score (nSPS) is 16.2. The van der Waals surface area contributed by atoms with E-state index in [1.165, 1.54) is 0 Å². The molecule has 0 bridgehead atoms. The van der Waals surface area contributed by atoms with Gasteiger partial charge in [-0.15, -0.1) is 0 Å². The molecule has 0 spiro atoms. The van der Waals surface area contributed by atoms with E-state index in [1.807, 2.05) is 0 Å². The summed E-state index contributed by atoms with van der Waals surface area (Å²) in [5.41, 5.74) is -0.623. The van der Waals surface area contributed by atoms with E-state index in [0.29, 0.717) is 5.56 Å². The second-order valence-corrected chi connectivity index (χ2v) is 7.56. The molecule has 0 saturated carbocycles. The number of ether oxygens (including phenoxy) is 2. The van der Waals surface area contributed by atoms with Crippen LogP contribution in [0.2, 0.25) is 0 Å². The molecule has 1 amide bonds. The number of carbonyl (C=O) groups excluding carboxylic acids is 2. The van der Waals surface area contributed by atoms with Gasteiger partial charge in [0.1, 0.15) is 11.4 Å². The lowest BCUT2D eigenvalue weighted by atomic mass is 9.85. The van der Waals surface area contributed by atoms with E-state index in [0.717, 1.165) is 43.9 Å². The van der Waals surface area contributed by atoms with E-state index in [9.17, 15) is 19.8 Å². The number of carbonyl (C=O) groups is 2. The maximum Gasteiger partial charge on any atom is 0.410 e. The number of benzene rings is 1. The minimum absolute atomic E-state index is 0.179. The number of aliphatic hydroxyl groups is 1. The number of amides is 1. The monoisotopic (exact) mass is 365 g/mol. The molecule has 0 radical (unpaired) electrons. The first kappa shape index (κ1) is 20.0. The number of esters is 1. The van der Waals surface area contributed by atoms with Crippen molar-refractivity contribution in [2.75, 3.05) is 7.11 Å². The summed E-state index contributed by atoms with van der Waals surface area (Å²) in [6, 6.07) is 3.20. The molecule has 0 unspecified atom stereocenters. The molecule has 7 heteroatoms. The van der Waals surface area contributed by atoms with Gasteiger partial charge in [0, 0.05) is 6.42 Å². The largest absolute Gasteiger partial charge is 0.508 e. The predicted molar refractivity (Wildman–Crippen MR) is 94.8 cm³/mol. The minimum Gasteiger partial charge on any atom is -0.508 e. The molecular formula is C19H27NO6. The molecule has 2 rings (SSSR count). The number of phenolic OH excluding ortho intramolecular Hbond substituents is 1. The Morgan fingerprint density at radius 2 is 1.77 bits per heavy atom. The average Bonchev–Trinajstić information content (AvgIpc) is 2.55. The van der Waals surface area contributed by atoms with Crippen LogP contribution in [-0.2, 0) is 33.5 Å². The van der Waals surface area contributed by atoms with Crippen molar-refractivity contribution in [2.45, 2.75) is 64.2 Å². The number of hydrogen-bond acceptors (Lipinski definition) is 6. The van der Waals surface area contributed by atoms with Crippen LogP contribution >= 0.6 is 0 Å². The molecule has 3 N–H and O–H groups in total. The fraction of sp³-hybridized carbons (Fsp3) is 0.579. The molecule has 0 saturated heterocycles. The standard InChI is InChI=1S/C19H27NO6/c1-18(2,3)26-17(23)20-19(24,16(22)25-4)11-12-9-10-15(21)14-8-6-5-7-13(12)14/h9-10,21,24H,5-8,11H2,1-4H3,(H,20,23)/t19-/m0/s1. The van der Waals surface area contributed by atoms with Crippen LogP contribution in [0, 0.1) is 0 Å². The first-order valence-corrected chi connectivity index (χ1v) is 8.70. The quantitative estimate of drug-likeness (QED) is 0.558. The van der Waals surface area contributed by atoms with E-state index >= 15 is 0 Å². The van der Waals surface area contributed by atoms with Gasteiger partial charge in [0.05, 0.1) is 7.11 Å². The van der Waals surface area contributed by atoms with E-state index in [4.69, 9.17) is 4.74 Å². The van der Waals surface area contributed by atoms with Gasteiger partial charge < -0.3 is 19.7 Å². The van der Waals surface area contributed by atoms with Gasteiger partial charge in [0.25, 0.3) is 0 Å². The van der Waals surface area contributed by atoms with Crippen molar-refractivity contribution < 1.29 is 29.3 Å². The van der Waals surface area contributed by atoms with Crippen molar-refractivity contribution in [1.29, 1.82) is 0 Å². The lowest BCUT2D eigenvalue weighted by molar-refractivity contribution is -0.165. The SMILES string of the molecule is COC(=O)[C@@](O)(Cc1ccc(O)c2c1CCCC2)NC(=O)OC(C)(C)C. The second-order valence-electron chi connectivity index (χ2n) is 7.56. The summed E-state index contributed by atoms with van der Waals surface area (Å²) in [5.74, 6) is -0.772. The van der Waals surface area contributed by atoms with Gasteiger partial charge in [-0.2, -0.15) is 0 Å². The van der Waals surface area contributed by atoms with Crippen LogP contribution in [0.25, 0.3) is 0 Å². The van der Waals surface area contributed by atoms with Crippen LogP contribution < -0.4 is 5.32 Å². The van der Waals surface area contributed by atoms with Crippen molar-refractivity contribution in [3.05, 3.63) is 28.8 Å². The smallest absolute Gasteiger partial charge is 0.410 e. The predicted octanol–water partition coefficient (Wildman–Crippen LogP) is 2.20. The van der Waals surface area contributed by atoms with Crippen LogP contribution in [0.3, 0.4) is 0 Å². The van der Waals surface area contributed by atoms with Gasteiger partial charge in [-0.25, -0.2) is 9.59 Å². The number of aromatic hydroxyl groups is 1. The molecule has 1 atom stereocenters. The Balaban J connectivity index is 2.31. The summed E-state index contributed by atoms with van der Waals surface area (Å²) >= 11 is 0. The highest BCUT2D eigenvalue weighted by atomic mass is 16.6. The van der Waals surface area contributed by atoms with Crippen LogP contribution in [0.4, 0.5) is 4.79 Å². The maximum absolute atomic E-state index is 12.2. The zero-order valence-corrected chi connectivity index (χ0v) is 15.7. The molecule has 0 fully saturated rings. The van der Waals surface area contributed by atoms with Crippen LogP contribution in [0.15, 0.2) is 12.1 Å². The zero-order valence-electron chi connectivity index (χ0n) is 15.7. The first-order valence-electron chi connectivity index (χ1n) is 8.70. The summed E-state index contributed by atoms with van der Waals surface area (Å²) in [4.78, 5) is 24.3. The summed E-state index contributed by atoms with van der Waals surface area (Å²) in [6.45, 7) is 5.04. The third-order valence-corrected chi connectivity index (χ3v) is 4.28. The van der Waals surface area contributed by atoms with Gasteiger partial charge in [0.15, 0.2) is 0 Å². The Morgan fingerprint density at radius 3 is 2.35 bits per heavy atom. The molecule has 1 aliphatic rings. The number of fused-ring (bicyclic) bond motifs is 1.